The summed E-state index contributed by atoms with van der Waals surface area (Å²) in [4.78, 5) is 2.58. The maximum atomic E-state index is 6.12. The van der Waals surface area contributed by atoms with Gasteiger partial charge in [0.1, 0.15) is 0 Å². The third-order valence-electron chi connectivity index (χ3n) is 4.09. The lowest BCUT2D eigenvalue weighted by atomic mass is 10.0. The highest BCUT2D eigenvalue weighted by Crippen LogP contribution is 2.24. The summed E-state index contributed by atoms with van der Waals surface area (Å²) in [6.07, 6.45) is 3.65. The molecule has 1 N–H and O–H groups in total. The number of benzene rings is 1. The van der Waals surface area contributed by atoms with Crippen LogP contribution in [0.4, 0.5) is 0 Å². The fourth-order valence-electron chi connectivity index (χ4n) is 2.94. The zero-order valence-corrected chi connectivity index (χ0v) is 13.8. The molecule has 20 heavy (non-hydrogen) atoms. The van der Waals surface area contributed by atoms with E-state index in [0.717, 1.165) is 19.6 Å². The summed E-state index contributed by atoms with van der Waals surface area (Å²) in [5, 5.41) is 4.95. The molecule has 0 spiro atoms. The number of piperazine rings is 1. The van der Waals surface area contributed by atoms with Crippen LogP contribution >= 0.6 is 23.2 Å². The standard InChI is InChI=1S/C16H24Cl2N2/c1-3-5-13-11-20(14(4-2)9-19-13)10-12-6-7-15(17)16(18)8-12/h6-8,13-14,19H,3-5,9-11H2,1-2H3. The molecule has 0 aliphatic carbocycles. The number of rotatable bonds is 5. The fourth-order valence-corrected chi connectivity index (χ4v) is 3.26. The Kier molecular flexibility index (Phi) is 6.16. The topological polar surface area (TPSA) is 15.3 Å². The van der Waals surface area contributed by atoms with E-state index in [9.17, 15) is 0 Å². The van der Waals surface area contributed by atoms with Crippen molar-refractivity contribution in [1.82, 2.24) is 10.2 Å². The van der Waals surface area contributed by atoms with Gasteiger partial charge in [0.05, 0.1) is 10.0 Å². The molecule has 2 unspecified atom stereocenters. The van der Waals surface area contributed by atoms with E-state index >= 15 is 0 Å². The minimum absolute atomic E-state index is 0.609. The highest BCUT2D eigenvalue weighted by Gasteiger charge is 2.26. The molecule has 2 rings (SSSR count). The average Bonchev–Trinajstić information content (AvgIpc) is 2.44. The van der Waals surface area contributed by atoms with Gasteiger partial charge in [0, 0.05) is 31.7 Å². The maximum Gasteiger partial charge on any atom is 0.0595 e. The highest BCUT2D eigenvalue weighted by atomic mass is 35.5. The van der Waals surface area contributed by atoms with Crippen molar-refractivity contribution in [2.75, 3.05) is 13.1 Å². The van der Waals surface area contributed by atoms with Crippen molar-refractivity contribution < 1.29 is 0 Å². The van der Waals surface area contributed by atoms with Gasteiger partial charge in [-0.25, -0.2) is 0 Å². The highest BCUT2D eigenvalue weighted by molar-refractivity contribution is 6.42. The molecule has 0 radical (unpaired) electrons. The fraction of sp³-hybridized carbons (Fsp3) is 0.625. The first-order chi connectivity index (χ1) is 9.63. The van der Waals surface area contributed by atoms with Crippen molar-refractivity contribution >= 4 is 23.2 Å². The summed E-state index contributed by atoms with van der Waals surface area (Å²) >= 11 is 12.1. The summed E-state index contributed by atoms with van der Waals surface area (Å²) in [5.41, 5.74) is 1.25. The van der Waals surface area contributed by atoms with E-state index in [1.54, 1.807) is 0 Å². The molecule has 1 aliphatic heterocycles. The molecule has 1 saturated heterocycles. The monoisotopic (exact) mass is 314 g/mol. The molecule has 4 heteroatoms. The van der Waals surface area contributed by atoms with Crippen LogP contribution in [0.2, 0.25) is 10.0 Å². The third kappa shape index (κ3) is 4.11. The molecule has 2 atom stereocenters. The molecule has 1 aromatic carbocycles. The SMILES string of the molecule is CCCC1CN(Cc2ccc(Cl)c(Cl)c2)C(CC)CN1. The first-order valence-corrected chi connectivity index (χ1v) is 8.31. The Labute approximate surface area is 132 Å². The van der Waals surface area contributed by atoms with E-state index in [4.69, 9.17) is 23.2 Å². The smallest absolute Gasteiger partial charge is 0.0595 e. The zero-order valence-electron chi connectivity index (χ0n) is 12.3. The van der Waals surface area contributed by atoms with Crippen molar-refractivity contribution in [2.24, 2.45) is 0 Å². The zero-order chi connectivity index (χ0) is 14.5. The Bertz CT molecular complexity index is 436. The van der Waals surface area contributed by atoms with E-state index in [2.05, 4.69) is 30.1 Å². The molecule has 0 bridgehead atoms. The Morgan fingerprint density at radius 2 is 2.05 bits per heavy atom. The molecule has 1 fully saturated rings. The summed E-state index contributed by atoms with van der Waals surface area (Å²) in [6, 6.07) is 7.19. The normalized spacial score (nSPS) is 24.0. The molecule has 1 heterocycles. The van der Waals surface area contributed by atoms with Gasteiger partial charge in [-0.15, -0.1) is 0 Å². The Morgan fingerprint density at radius 3 is 2.70 bits per heavy atom. The van der Waals surface area contributed by atoms with Crippen molar-refractivity contribution in [3.63, 3.8) is 0 Å². The molecule has 2 nitrogen and oxygen atoms in total. The number of hydrogen-bond acceptors (Lipinski definition) is 2. The Morgan fingerprint density at radius 1 is 1.25 bits per heavy atom. The number of nitrogens with zero attached hydrogens (tertiary/aromatic N) is 1. The van der Waals surface area contributed by atoms with Gasteiger partial charge in [-0.3, -0.25) is 4.90 Å². The van der Waals surface area contributed by atoms with Crippen LogP contribution in [0.1, 0.15) is 38.7 Å². The van der Waals surface area contributed by atoms with Gasteiger partial charge in [-0.1, -0.05) is 49.5 Å². The number of halogens is 2. The van der Waals surface area contributed by atoms with Crippen LogP contribution in [0.5, 0.6) is 0 Å². The molecule has 0 aromatic heterocycles. The van der Waals surface area contributed by atoms with Gasteiger partial charge in [0.15, 0.2) is 0 Å². The van der Waals surface area contributed by atoms with E-state index in [-0.39, 0.29) is 0 Å². The maximum absolute atomic E-state index is 6.12. The lowest BCUT2D eigenvalue weighted by Gasteiger charge is -2.40. The second kappa shape index (κ2) is 7.65. The van der Waals surface area contributed by atoms with Gasteiger partial charge in [0.25, 0.3) is 0 Å². The largest absolute Gasteiger partial charge is 0.311 e. The molecule has 112 valence electrons. The van der Waals surface area contributed by atoms with Crippen LogP contribution in [0.25, 0.3) is 0 Å². The van der Waals surface area contributed by atoms with Crippen molar-refractivity contribution in [3.05, 3.63) is 33.8 Å². The molecule has 1 aliphatic rings. The van der Waals surface area contributed by atoms with Crippen LogP contribution in [-0.4, -0.2) is 30.1 Å². The van der Waals surface area contributed by atoms with E-state index in [1.165, 1.54) is 24.8 Å². The lowest BCUT2D eigenvalue weighted by molar-refractivity contribution is 0.115. The number of hydrogen-bond donors (Lipinski definition) is 1. The summed E-state index contributed by atoms with van der Waals surface area (Å²) in [6.45, 7) is 7.66. The minimum atomic E-state index is 0.609. The predicted molar refractivity (Wildman–Crippen MR) is 87.6 cm³/mol. The summed E-state index contributed by atoms with van der Waals surface area (Å²) < 4.78 is 0. The minimum Gasteiger partial charge on any atom is -0.311 e. The van der Waals surface area contributed by atoms with Gasteiger partial charge < -0.3 is 5.32 Å². The Balaban J connectivity index is 2.04. The van der Waals surface area contributed by atoms with Gasteiger partial charge in [-0.2, -0.15) is 0 Å². The number of nitrogens with one attached hydrogen (secondary N) is 1. The second-order valence-electron chi connectivity index (χ2n) is 5.63. The second-order valence-corrected chi connectivity index (χ2v) is 6.45. The Hall–Kier alpha value is -0.280. The van der Waals surface area contributed by atoms with Crippen LogP contribution < -0.4 is 5.32 Å². The first kappa shape index (κ1) is 16.1. The predicted octanol–water partition coefficient (Wildman–Crippen LogP) is 4.35. The van der Waals surface area contributed by atoms with Crippen LogP contribution in [0.15, 0.2) is 18.2 Å². The molecule has 0 saturated carbocycles. The molecule has 0 amide bonds. The van der Waals surface area contributed by atoms with Crippen molar-refractivity contribution in [2.45, 2.75) is 51.7 Å². The summed E-state index contributed by atoms with van der Waals surface area (Å²) in [7, 11) is 0. The first-order valence-electron chi connectivity index (χ1n) is 7.55. The van der Waals surface area contributed by atoms with Crippen molar-refractivity contribution in [3.8, 4) is 0 Å². The van der Waals surface area contributed by atoms with E-state index in [0.29, 0.717) is 22.1 Å². The van der Waals surface area contributed by atoms with E-state index < -0.39 is 0 Å². The third-order valence-corrected chi connectivity index (χ3v) is 4.83. The quantitative estimate of drug-likeness (QED) is 0.869. The van der Waals surface area contributed by atoms with Gasteiger partial charge >= 0.3 is 0 Å². The van der Waals surface area contributed by atoms with Crippen LogP contribution in [0.3, 0.4) is 0 Å². The summed E-state index contributed by atoms with van der Waals surface area (Å²) in [5.74, 6) is 0. The van der Waals surface area contributed by atoms with Crippen LogP contribution in [0, 0.1) is 0 Å². The average molecular weight is 315 g/mol. The molecule has 1 aromatic rings. The van der Waals surface area contributed by atoms with Gasteiger partial charge in [0.2, 0.25) is 0 Å². The van der Waals surface area contributed by atoms with E-state index in [1.807, 2.05) is 12.1 Å². The molecular formula is C16H24Cl2N2. The van der Waals surface area contributed by atoms with Crippen molar-refractivity contribution in [1.29, 1.82) is 0 Å². The molecular weight excluding hydrogens is 291 g/mol. The lowest BCUT2D eigenvalue weighted by Crippen LogP contribution is -2.55. The van der Waals surface area contributed by atoms with Crippen LogP contribution in [-0.2, 0) is 6.54 Å². The van der Waals surface area contributed by atoms with Gasteiger partial charge in [-0.05, 0) is 30.5 Å².